The van der Waals surface area contributed by atoms with E-state index in [1.165, 1.54) is 12.1 Å². The average Bonchev–Trinajstić information content (AvgIpc) is 2.92. The molecule has 1 heterocycles. The fourth-order valence-electron chi connectivity index (χ4n) is 3.61. The summed E-state index contributed by atoms with van der Waals surface area (Å²) in [5, 5.41) is 11.9. The van der Waals surface area contributed by atoms with E-state index in [1.807, 2.05) is 50.1 Å². The lowest BCUT2D eigenvalue weighted by Crippen LogP contribution is -2.38. The maximum absolute atomic E-state index is 14.0. The molecule has 0 bridgehead atoms. The summed E-state index contributed by atoms with van der Waals surface area (Å²) < 4.78 is 22.4. The number of esters is 1. The molecule has 0 aliphatic heterocycles. The number of hydrogen-bond acceptors (Lipinski definition) is 11. The van der Waals surface area contributed by atoms with Crippen molar-refractivity contribution < 1.29 is 13.9 Å². The van der Waals surface area contributed by atoms with Crippen LogP contribution < -0.4 is 21.5 Å². The molecule has 1 unspecified atom stereocenters. The molecule has 2 aromatic carbocycles. The SMILES string of the molecule is CC(=N)c1c(N)nc(-c2ccc(NSc3cc(Cl)ccc3F)cc2)nc1NCCN(C)CCOC(=O)C(N)C(C)C. The summed E-state index contributed by atoms with van der Waals surface area (Å²) in [5.41, 5.74) is 14.2. The number of halogens is 2. The third-order valence-electron chi connectivity index (χ3n) is 6.12. The highest BCUT2D eigenvalue weighted by molar-refractivity contribution is 8.00. The van der Waals surface area contributed by atoms with Crippen molar-refractivity contribution in [1.29, 1.82) is 5.41 Å². The van der Waals surface area contributed by atoms with Gasteiger partial charge in [-0.05, 0) is 74.3 Å². The van der Waals surface area contributed by atoms with Crippen molar-refractivity contribution in [3.8, 4) is 11.4 Å². The zero-order valence-corrected chi connectivity index (χ0v) is 25.1. The van der Waals surface area contributed by atoms with Crippen LogP contribution in [0.4, 0.5) is 21.7 Å². The number of likely N-dealkylation sites (N-methyl/N-ethyl adjacent to an activating group) is 1. The lowest BCUT2D eigenvalue weighted by molar-refractivity contribution is -0.146. The zero-order valence-electron chi connectivity index (χ0n) is 23.5. The number of nitrogens with one attached hydrogen (secondary N) is 3. The molecule has 0 aliphatic carbocycles. The highest BCUT2D eigenvalue weighted by Gasteiger charge is 2.19. The van der Waals surface area contributed by atoms with E-state index in [0.29, 0.717) is 46.8 Å². The van der Waals surface area contributed by atoms with E-state index in [2.05, 4.69) is 20.0 Å². The Bertz CT molecular complexity index is 1360. The minimum atomic E-state index is -0.632. The van der Waals surface area contributed by atoms with Gasteiger partial charge in [-0.1, -0.05) is 25.4 Å². The fourth-order valence-corrected chi connectivity index (χ4v) is 4.56. The van der Waals surface area contributed by atoms with Crippen molar-refractivity contribution in [2.24, 2.45) is 11.7 Å². The van der Waals surface area contributed by atoms with Crippen molar-refractivity contribution in [3.05, 3.63) is 58.9 Å². The number of anilines is 3. The molecule has 0 amide bonds. The standard InChI is InChI=1S/C28H36ClFN8O2S/c1-16(2)24(32)28(39)40-14-13-38(4)12-11-34-27-23(17(3)31)25(33)35-26(36-27)18-5-8-20(9-6-18)37-41-22-15-19(29)7-10-21(22)30/h5-10,15-16,24,31,37H,11-14,32H2,1-4H3,(H3,33,34,35,36). The van der Waals surface area contributed by atoms with Crippen molar-refractivity contribution in [3.63, 3.8) is 0 Å². The number of nitrogens with zero attached hydrogens (tertiary/aromatic N) is 3. The Hall–Kier alpha value is -3.45. The third kappa shape index (κ3) is 9.28. The van der Waals surface area contributed by atoms with Crippen LogP contribution in [0.25, 0.3) is 11.4 Å². The first-order chi connectivity index (χ1) is 19.5. The van der Waals surface area contributed by atoms with Crippen LogP contribution in [0.1, 0.15) is 26.3 Å². The van der Waals surface area contributed by atoms with E-state index >= 15 is 0 Å². The fraction of sp³-hybridized carbons (Fsp3) is 0.357. The monoisotopic (exact) mass is 602 g/mol. The molecule has 3 aromatic rings. The average molecular weight is 603 g/mol. The van der Waals surface area contributed by atoms with Crippen molar-refractivity contribution >= 4 is 52.6 Å². The van der Waals surface area contributed by atoms with Crippen LogP contribution in [-0.4, -0.2) is 65.9 Å². The smallest absolute Gasteiger partial charge is 0.323 e. The molecule has 0 fully saturated rings. The van der Waals surface area contributed by atoms with Gasteiger partial charge in [0.25, 0.3) is 0 Å². The first kappa shape index (κ1) is 32.1. The molecular weight excluding hydrogens is 567 g/mol. The second-order valence-corrected chi connectivity index (χ2v) is 11.1. The molecule has 220 valence electrons. The molecule has 3 rings (SSSR count). The van der Waals surface area contributed by atoms with E-state index in [9.17, 15) is 9.18 Å². The molecule has 0 saturated carbocycles. The molecule has 7 N–H and O–H groups in total. The molecule has 0 saturated heterocycles. The zero-order chi connectivity index (χ0) is 30.1. The van der Waals surface area contributed by atoms with E-state index in [4.69, 9.17) is 33.2 Å². The third-order valence-corrected chi connectivity index (χ3v) is 7.23. The topological polar surface area (TPSA) is 155 Å². The van der Waals surface area contributed by atoms with Crippen LogP contribution in [-0.2, 0) is 9.53 Å². The van der Waals surface area contributed by atoms with E-state index < -0.39 is 12.0 Å². The Balaban J connectivity index is 1.62. The minimum Gasteiger partial charge on any atom is -0.463 e. The molecule has 0 radical (unpaired) electrons. The van der Waals surface area contributed by atoms with Crippen LogP contribution in [0.15, 0.2) is 47.4 Å². The maximum Gasteiger partial charge on any atom is 0.323 e. The van der Waals surface area contributed by atoms with Crippen LogP contribution in [0.5, 0.6) is 0 Å². The van der Waals surface area contributed by atoms with Gasteiger partial charge in [0.15, 0.2) is 5.82 Å². The number of nitrogen functional groups attached to an aromatic ring is 1. The van der Waals surface area contributed by atoms with Gasteiger partial charge in [0.05, 0.1) is 10.5 Å². The number of rotatable bonds is 14. The van der Waals surface area contributed by atoms with Gasteiger partial charge in [-0.15, -0.1) is 0 Å². The van der Waals surface area contributed by atoms with E-state index in [-0.39, 0.29) is 29.9 Å². The Kier molecular flexibility index (Phi) is 11.7. The van der Waals surface area contributed by atoms with Crippen molar-refractivity contribution in [2.75, 3.05) is 49.1 Å². The Morgan fingerprint density at radius 1 is 1.20 bits per heavy atom. The first-order valence-corrected chi connectivity index (χ1v) is 14.2. The van der Waals surface area contributed by atoms with Gasteiger partial charge in [0, 0.05) is 41.6 Å². The van der Waals surface area contributed by atoms with Gasteiger partial charge in [-0.3, -0.25) is 4.79 Å². The Morgan fingerprint density at radius 3 is 2.56 bits per heavy atom. The highest BCUT2D eigenvalue weighted by Crippen LogP contribution is 2.29. The lowest BCUT2D eigenvalue weighted by Gasteiger charge is -2.20. The molecular formula is C28H36ClFN8O2S. The Labute approximate surface area is 249 Å². The summed E-state index contributed by atoms with van der Waals surface area (Å²) in [7, 11) is 1.91. The van der Waals surface area contributed by atoms with E-state index in [1.54, 1.807) is 13.0 Å². The maximum atomic E-state index is 14.0. The van der Waals surface area contributed by atoms with Crippen molar-refractivity contribution in [2.45, 2.75) is 31.7 Å². The quantitative estimate of drug-likeness (QED) is 0.0977. The minimum absolute atomic E-state index is 0.0142. The van der Waals surface area contributed by atoms with Gasteiger partial charge in [0.2, 0.25) is 0 Å². The summed E-state index contributed by atoms with van der Waals surface area (Å²) in [6.07, 6.45) is 0. The van der Waals surface area contributed by atoms with Crippen LogP contribution >= 0.6 is 23.5 Å². The number of nitrogens with two attached hydrogens (primary N) is 2. The molecule has 1 atom stereocenters. The summed E-state index contributed by atoms with van der Waals surface area (Å²) in [5.74, 6) is 0.296. The molecule has 41 heavy (non-hydrogen) atoms. The lowest BCUT2D eigenvalue weighted by atomic mass is 10.1. The van der Waals surface area contributed by atoms with E-state index in [0.717, 1.165) is 23.2 Å². The summed E-state index contributed by atoms with van der Waals surface area (Å²) in [6.45, 7) is 7.28. The molecule has 0 aliphatic rings. The van der Waals surface area contributed by atoms with Crippen LogP contribution in [0.3, 0.4) is 0 Å². The number of ether oxygens (including phenoxy) is 1. The summed E-state index contributed by atoms with van der Waals surface area (Å²) in [6, 6.07) is 11.0. The summed E-state index contributed by atoms with van der Waals surface area (Å²) in [4.78, 5) is 23.4. The van der Waals surface area contributed by atoms with Gasteiger partial charge in [-0.2, -0.15) is 0 Å². The van der Waals surface area contributed by atoms with Gasteiger partial charge in [0.1, 0.15) is 30.1 Å². The molecule has 0 spiro atoms. The predicted molar refractivity (Wildman–Crippen MR) is 165 cm³/mol. The number of benzene rings is 2. The highest BCUT2D eigenvalue weighted by atomic mass is 35.5. The van der Waals surface area contributed by atoms with Crippen LogP contribution in [0.2, 0.25) is 5.02 Å². The van der Waals surface area contributed by atoms with Gasteiger partial charge in [-0.25, -0.2) is 14.4 Å². The Morgan fingerprint density at radius 2 is 1.90 bits per heavy atom. The van der Waals surface area contributed by atoms with Gasteiger partial charge < -0.3 is 36.6 Å². The number of carbonyl (C=O) groups excluding carboxylic acids is 1. The number of hydrogen-bond donors (Lipinski definition) is 5. The first-order valence-electron chi connectivity index (χ1n) is 13.0. The largest absolute Gasteiger partial charge is 0.463 e. The molecule has 13 heteroatoms. The second kappa shape index (κ2) is 15.0. The number of carbonyl (C=O) groups is 1. The van der Waals surface area contributed by atoms with Crippen LogP contribution in [0, 0.1) is 17.1 Å². The van der Waals surface area contributed by atoms with Crippen molar-refractivity contribution in [1.82, 2.24) is 14.9 Å². The van der Waals surface area contributed by atoms with Gasteiger partial charge >= 0.3 is 5.97 Å². The molecule has 10 nitrogen and oxygen atoms in total. The number of aromatic nitrogens is 2. The molecule has 1 aromatic heterocycles. The summed E-state index contributed by atoms with van der Waals surface area (Å²) >= 11 is 7.08. The normalized spacial score (nSPS) is 11.9. The predicted octanol–water partition coefficient (Wildman–Crippen LogP) is 4.90. The second-order valence-electron chi connectivity index (χ2n) is 9.80.